The van der Waals surface area contributed by atoms with Crippen molar-refractivity contribution in [1.82, 2.24) is 10.3 Å². The molecule has 0 amide bonds. The van der Waals surface area contributed by atoms with Gasteiger partial charge in [0.15, 0.2) is 0 Å². The number of nitrogens with zero attached hydrogens (tertiary/aromatic N) is 1. The first-order valence-corrected chi connectivity index (χ1v) is 8.92. The summed E-state index contributed by atoms with van der Waals surface area (Å²) in [7, 11) is 0. The highest BCUT2D eigenvalue weighted by Crippen LogP contribution is 2.41. The summed E-state index contributed by atoms with van der Waals surface area (Å²) in [5.74, 6) is 1.54. The topological polar surface area (TPSA) is 24.9 Å². The van der Waals surface area contributed by atoms with Gasteiger partial charge in [0.05, 0.1) is 5.69 Å². The Bertz CT molecular complexity index is 434. The lowest BCUT2D eigenvalue weighted by Crippen LogP contribution is -2.28. The standard InChI is InChI=1S/C17H30N2S/c1-6-17(4,5)13-7-8-14-15(9-13)20-16(19-14)11-18-10-12(2)3/h12-13,18H,6-11H2,1-5H3. The van der Waals surface area contributed by atoms with Gasteiger partial charge in [-0.05, 0) is 43.1 Å². The molecular weight excluding hydrogens is 264 g/mol. The molecule has 1 aromatic rings. The van der Waals surface area contributed by atoms with E-state index in [0.29, 0.717) is 11.3 Å². The highest BCUT2D eigenvalue weighted by molar-refractivity contribution is 7.11. The second kappa shape index (κ2) is 6.57. The maximum atomic E-state index is 4.85. The van der Waals surface area contributed by atoms with Crippen molar-refractivity contribution in [3.63, 3.8) is 0 Å². The van der Waals surface area contributed by atoms with Crippen LogP contribution in [0.3, 0.4) is 0 Å². The zero-order chi connectivity index (χ0) is 14.8. The third kappa shape index (κ3) is 3.82. The number of hydrogen-bond acceptors (Lipinski definition) is 3. The summed E-state index contributed by atoms with van der Waals surface area (Å²) in [6.07, 6.45) is 5.02. The summed E-state index contributed by atoms with van der Waals surface area (Å²) in [5, 5.41) is 4.79. The van der Waals surface area contributed by atoms with Gasteiger partial charge >= 0.3 is 0 Å². The Morgan fingerprint density at radius 3 is 2.80 bits per heavy atom. The molecule has 0 fully saturated rings. The molecule has 0 spiro atoms. The van der Waals surface area contributed by atoms with Crippen molar-refractivity contribution in [2.24, 2.45) is 17.3 Å². The average Bonchev–Trinajstić information content (AvgIpc) is 2.79. The molecule has 1 aliphatic carbocycles. The van der Waals surface area contributed by atoms with Crippen molar-refractivity contribution in [1.29, 1.82) is 0 Å². The number of aromatic nitrogens is 1. The van der Waals surface area contributed by atoms with Crippen molar-refractivity contribution >= 4 is 11.3 Å². The lowest BCUT2D eigenvalue weighted by molar-refractivity contribution is 0.183. The van der Waals surface area contributed by atoms with Crippen LogP contribution in [0.15, 0.2) is 0 Å². The van der Waals surface area contributed by atoms with E-state index in [1.807, 2.05) is 11.3 Å². The summed E-state index contributed by atoms with van der Waals surface area (Å²) in [5.41, 5.74) is 1.86. The third-order valence-electron chi connectivity index (χ3n) is 4.83. The van der Waals surface area contributed by atoms with Crippen LogP contribution in [0, 0.1) is 17.3 Å². The fourth-order valence-electron chi connectivity index (χ4n) is 2.93. The summed E-state index contributed by atoms with van der Waals surface area (Å²) < 4.78 is 0. The molecule has 0 aliphatic heterocycles. The number of aryl methyl sites for hydroxylation is 1. The van der Waals surface area contributed by atoms with Gasteiger partial charge in [-0.3, -0.25) is 0 Å². The van der Waals surface area contributed by atoms with E-state index < -0.39 is 0 Å². The van der Waals surface area contributed by atoms with Crippen molar-refractivity contribution in [2.75, 3.05) is 6.54 Å². The minimum absolute atomic E-state index is 0.470. The van der Waals surface area contributed by atoms with Gasteiger partial charge in [-0.2, -0.15) is 0 Å². The molecule has 3 heteroatoms. The van der Waals surface area contributed by atoms with Crippen molar-refractivity contribution in [3.05, 3.63) is 15.6 Å². The van der Waals surface area contributed by atoms with Crippen LogP contribution in [0.2, 0.25) is 0 Å². The summed E-state index contributed by atoms with van der Waals surface area (Å²) in [4.78, 5) is 6.41. The van der Waals surface area contributed by atoms with E-state index in [0.717, 1.165) is 19.0 Å². The van der Waals surface area contributed by atoms with Crippen LogP contribution < -0.4 is 5.32 Å². The van der Waals surface area contributed by atoms with Gasteiger partial charge in [-0.1, -0.05) is 41.0 Å². The number of hydrogen-bond donors (Lipinski definition) is 1. The lowest BCUT2D eigenvalue weighted by atomic mass is 9.70. The second-order valence-corrected chi connectivity index (χ2v) is 8.45. The number of nitrogens with one attached hydrogen (secondary N) is 1. The van der Waals surface area contributed by atoms with E-state index in [1.54, 1.807) is 4.88 Å². The van der Waals surface area contributed by atoms with E-state index in [-0.39, 0.29) is 0 Å². The largest absolute Gasteiger partial charge is 0.310 e. The normalized spacial score (nSPS) is 19.4. The molecule has 0 aromatic carbocycles. The molecule has 0 saturated carbocycles. The maximum absolute atomic E-state index is 4.85. The Morgan fingerprint density at radius 2 is 2.15 bits per heavy atom. The fourth-order valence-corrected chi connectivity index (χ4v) is 4.09. The molecule has 20 heavy (non-hydrogen) atoms. The zero-order valence-corrected chi connectivity index (χ0v) is 14.6. The van der Waals surface area contributed by atoms with E-state index in [1.165, 1.54) is 36.4 Å². The van der Waals surface area contributed by atoms with E-state index in [2.05, 4.69) is 39.9 Å². The predicted molar refractivity (Wildman–Crippen MR) is 88.2 cm³/mol. The molecule has 2 rings (SSSR count). The van der Waals surface area contributed by atoms with Crippen LogP contribution in [-0.4, -0.2) is 11.5 Å². The minimum Gasteiger partial charge on any atom is -0.310 e. The third-order valence-corrected chi connectivity index (χ3v) is 5.95. The van der Waals surface area contributed by atoms with Crippen LogP contribution >= 0.6 is 11.3 Å². The van der Waals surface area contributed by atoms with Gasteiger partial charge in [0.25, 0.3) is 0 Å². The van der Waals surface area contributed by atoms with Crippen LogP contribution in [0.4, 0.5) is 0 Å². The van der Waals surface area contributed by atoms with Crippen LogP contribution in [0.5, 0.6) is 0 Å². The zero-order valence-electron chi connectivity index (χ0n) is 13.8. The summed E-state index contributed by atoms with van der Waals surface area (Å²) >= 11 is 1.94. The van der Waals surface area contributed by atoms with Crippen molar-refractivity contribution < 1.29 is 0 Å². The molecule has 1 aliphatic rings. The van der Waals surface area contributed by atoms with Gasteiger partial charge in [-0.15, -0.1) is 11.3 Å². The molecule has 1 N–H and O–H groups in total. The molecule has 2 nitrogen and oxygen atoms in total. The SMILES string of the molecule is CCC(C)(C)C1CCc2nc(CNCC(C)C)sc2C1. The van der Waals surface area contributed by atoms with Gasteiger partial charge in [0.2, 0.25) is 0 Å². The highest BCUT2D eigenvalue weighted by Gasteiger charge is 2.32. The van der Waals surface area contributed by atoms with E-state index >= 15 is 0 Å². The van der Waals surface area contributed by atoms with Gasteiger partial charge in [0.1, 0.15) is 5.01 Å². The van der Waals surface area contributed by atoms with Crippen molar-refractivity contribution in [2.45, 2.75) is 66.8 Å². The fraction of sp³-hybridized carbons (Fsp3) is 0.824. The first-order chi connectivity index (χ1) is 9.42. The van der Waals surface area contributed by atoms with Crippen LogP contribution in [0.25, 0.3) is 0 Å². The molecule has 0 bridgehead atoms. The van der Waals surface area contributed by atoms with Crippen LogP contribution in [0.1, 0.15) is 63.0 Å². The Balaban J connectivity index is 1.97. The Kier molecular flexibility index (Phi) is 5.25. The van der Waals surface area contributed by atoms with Gasteiger partial charge < -0.3 is 5.32 Å². The first kappa shape index (κ1) is 16.0. The van der Waals surface area contributed by atoms with E-state index in [4.69, 9.17) is 4.98 Å². The molecule has 114 valence electrons. The summed E-state index contributed by atoms with van der Waals surface area (Å²) in [6.45, 7) is 13.7. The predicted octanol–water partition coefficient (Wildman–Crippen LogP) is 4.43. The number of thiazole rings is 1. The maximum Gasteiger partial charge on any atom is 0.107 e. The van der Waals surface area contributed by atoms with Crippen LogP contribution in [-0.2, 0) is 19.4 Å². The molecule has 1 unspecified atom stereocenters. The monoisotopic (exact) mass is 294 g/mol. The lowest BCUT2D eigenvalue weighted by Gasteiger charge is -2.35. The molecule has 0 radical (unpaired) electrons. The Morgan fingerprint density at radius 1 is 1.40 bits per heavy atom. The highest BCUT2D eigenvalue weighted by atomic mass is 32.1. The Hall–Kier alpha value is -0.410. The second-order valence-electron chi connectivity index (χ2n) is 7.28. The minimum atomic E-state index is 0.470. The Labute approximate surface area is 128 Å². The molecular formula is C17H30N2S. The molecule has 0 saturated heterocycles. The summed E-state index contributed by atoms with van der Waals surface area (Å²) in [6, 6.07) is 0. The van der Waals surface area contributed by atoms with E-state index in [9.17, 15) is 0 Å². The average molecular weight is 295 g/mol. The molecule has 1 aromatic heterocycles. The smallest absolute Gasteiger partial charge is 0.107 e. The number of rotatable bonds is 6. The number of fused-ring (bicyclic) bond motifs is 1. The van der Waals surface area contributed by atoms with Crippen molar-refractivity contribution in [3.8, 4) is 0 Å². The quantitative estimate of drug-likeness (QED) is 0.839. The first-order valence-electron chi connectivity index (χ1n) is 8.10. The van der Waals surface area contributed by atoms with Gasteiger partial charge in [-0.25, -0.2) is 4.98 Å². The van der Waals surface area contributed by atoms with Gasteiger partial charge in [0, 0.05) is 11.4 Å². The molecule has 1 heterocycles. The molecule has 1 atom stereocenters.